The van der Waals surface area contributed by atoms with Crippen LogP contribution in [0, 0.1) is 35.0 Å². The highest BCUT2D eigenvalue weighted by Crippen LogP contribution is 2.70. The third-order valence-electron chi connectivity index (χ3n) is 13.2. The van der Waals surface area contributed by atoms with Crippen LogP contribution in [0.4, 0.5) is 0 Å². The summed E-state index contributed by atoms with van der Waals surface area (Å²) >= 11 is 0. The Morgan fingerprint density at radius 2 is 0.944 bits per heavy atom. The molecule has 4 nitrogen and oxygen atoms in total. The first-order valence-electron chi connectivity index (χ1n) is 19.4. The average Bonchev–Trinajstić information content (AvgIpc) is 3.53. The molecule has 0 unspecified atom stereocenters. The lowest BCUT2D eigenvalue weighted by Crippen LogP contribution is -2.55. The summed E-state index contributed by atoms with van der Waals surface area (Å²) in [5.74, 6) is 5.08. The number of aromatic nitrogens is 3. The molecule has 1 heterocycles. The summed E-state index contributed by atoms with van der Waals surface area (Å²) < 4.78 is 0. The molecule has 4 bridgehead atoms. The molecule has 0 saturated heterocycles. The van der Waals surface area contributed by atoms with E-state index in [-0.39, 0.29) is 5.41 Å². The van der Waals surface area contributed by atoms with Crippen molar-refractivity contribution in [2.45, 2.75) is 37.5 Å². The maximum absolute atomic E-state index is 9.42. The van der Waals surface area contributed by atoms with Crippen molar-refractivity contribution in [2.75, 3.05) is 0 Å². The molecule has 7 aromatic rings. The normalized spacial score (nSPS) is 22.9. The molecule has 54 heavy (non-hydrogen) atoms. The Hall–Kier alpha value is -6.18. The van der Waals surface area contributed by atoms with E-state index in [1.54, 1.807) is 11.1 Å². The van der Waals surface area contributed by atoms with E-state index in [0.29, 0.717) is 34.9 Å². The van der Waals surface area contributed by atoms with Gasteiger partial charge in [-0.05, 0) is 118 Å². The molecule has 0 amide bonds. The summed E-state index contributed by atoms with van der Waals surface area (Å²) in [7, 11) is 0. The highest BCUT2D eigenvalue weighted by molar-refractivity contribution is 5.91. The molecule has 0 aliphatic heterocycles. The third-order valence-corrected chi connectivity index (χ3v) is 13.2. The third kappa shape index (κ3) is 4.78. The standard InChI is InChI=1S/C50H38N4/c51-30-31-14-16-34(17-15-31)39-22-23-45-44(29-39)43-13-7-12-42(46(43)50(45)40-25-32-24-33(27-40)28-41(50)26-32)35-18-20-38(21-19-35)49-53-47(36-8-3-1-4-9-36)52-48(54-49)37-10-5-2-6-11-37/h1-23,29,32-33,40-41H,24-28H2. The minimum absolute atomic E-state index is 0.0277. The largest absolute Gasteiger partial charge is 0.208 e. The first-order chi connectivity index (χ1) is 26.7. The lowest BCUT2D eigenvalue weighted by Gasteiger charge is -2.61. The summed E-state index contributed by atoms with van der Waals surface area (Å²) in [6.45, 7) is 0. The van der Waals surface area contributed by atoms with Crippen LogP contribution in [0.15, 0.2) is 146 Å². The quantitative estimate of drug-likeness (QED) is 0.180. The molecule has 5 aliphatic carbocycles. The van der Waals surface area contributed by atoms with E-state index in [4.69, 9.17) is 15.0 Å². The molecule has 1 spiro atoms. The van der Waals surface area contributed by atoms with Gasteiger partial charge in [0.05, 0.1) is 11.6 Å². The minimum atomic E-state index is 0.0277. The zero-order valence-corrected chi connectivity index (χ0v) is 30.0. The van der Waals surface area contributed by atoms with Gasteiger partial charge in [0, 0.05) is 22.1 Å². The Balaban J connectivity index is 1.05. The lowest BCUT2D eigenvalue weighted by atomic mass is 9.42. The number of nitrogens with zero attached hydrogens (tertiary/aromatic N) is 4. The smallest absolute Gasteiger partial charge is 0.164 e. The highest BCUT2D eigenvalue weighted by Gasteiger charge is 2.62. The van der Waals surface area contributed by atoms with E-state index in [2.05, 4.69) is 103 Å². The highest BCUT2D eigenvalue weighted by atomic mass is 15.0. The van der Waals surface area contributed by atoms with Crippen LogP contribution >= 0.6 is 0 Å². The fourth-order valence-electron chi connectivity index (χ4n) is 11.2. The summed E-state index contributed by atoms with van der Waals surface area (Å²) in [5, 5.41) is 9.42. The second kappa shape index (κ2) is 12.2. The Labute approximate surface area is 316 Å². The van der Waals surface area contributed by atoms with Gasteiger partial charge < -0.3 is 0 Å². The predicted octanol–water partition coefficient (Wildman–Crippen LogP) is 11.8. The van der Waals surface area contributed by atoms with Crippen LogP contribution in [0.5, 0.6) is 0 Å². The summed E-state index contributed by atoms with van der Waals surface area (Å²) in [4.78, 5) is 14.9. The zero-order chi connectivity index (χ0) is 35.8. The first-order valence-corrected chi connectivity index (χ1v) is 19.4. The zero-order valence-electron chi connectivity index (χ0n) is 30.0. The van der Waals surface area contributed by atoms with Crippen LogP contribution in [0.1, 0.15) is 48.8 Å². The Morgan fingerprint density at radius 3 is 1.52 bits per heavy atom. The van der Waals surface area contributed by atoms with Crippen LogP contribution in [-0.4, -0.2) is 15.0 Å². The molecule has 6 aromatic carbocycles. The number of benzene rings is 6. The average molecular weight is 695 g/mol. The van der Waals surface area contributed by atoms with Crippen LogP contribution in [0.25, 0.3) is 67.5 Å². The van der Waals surface area contributed by atoms with Crippen LogP contribution in [0.2, 0.25) is 0 Å². The van der Waals surface area contributed by atoms with Gasteiger partial charge in [0.25, 0.3) is 0 Å². The van der Waals surface area contributed by atoms with Crippen LogP contribution in [0.3, 0.4) is 0 Å². The van der Waals surface area contributed by atoms with E-state index in [1.165, 1.54) is 59.9 Å². The van der Waals surface area contributed by atoms with Crippen molar-refractivity contribution in [1.29, 1.82) is 5.26 Å². The molecule has 1 aromatic heterocycles. The van der Waals surface area contributed by atoms with E-state index in [0.717, 1.165) is 34.1 Å². The molecule has 4 fully saturated rings. The molecule has 258 valence electrons. The van der Waals surface area contributed by atoms with Crippen LogP contribution in [-0.2, 0) is 5.41 Å². The summed E-state index contributed by atoms with van der Waals surface area (Å²) in [5.41, 5.74) is 14.5. The number of hydrogen-bond acceptors (Lipinski definition) is 4. The Bertz CT molecular complexity index is 2520. The topological polar surface area (TPSA) is 62.5 Å². The predicted molar refractivity (Wildman–Crippen MR) is 215 cm³/mol. The van der Waals surface area contributed by atoms with Crippen molar-refractivity contribution < 1.29 is 0 Å². The first kappa shape index (κ1) is 31.4. The van der Waals surface area contributed by atoms with E-state index >= 15 is 0 Å². The van der Waals surface area contributed by atoms with Crippen molar-refractivity contribution in [2.24, 2.45) is 23.7 Å². The molecular weight excluding hydrogens is 657 g/mol. The molecular formula is C50H38N4. The van der Waals surface area contributed by atoms with Gasteiger partial charge in [0.15, 0.2) is 17.5 Å². The van der Waals surface area contributed by atoms with Gasteiger partial charge in [-0.1, -0.05) is 127 Å². The number of hydrogen-bond donors (Lipinski definition) is 0. The van der Waals surface area contributed by atoms with Gasteiger partial charge in [-0.3, -0.25) is 0 Å². The molecule has 0 atom stereocenters. The maximum atomic E-state index is 9.42. The summed E-state index contributed by atoms with van der Waals surface area (Å²) in [6, 6.07) is 53.9. The number of nitriles is 1. The fraction of sp³-hybridized carbons (Fsp3) is 0.200. The molecule has 4 heteroatoms. The maximum Gasteiger partial charge on any atom is 0.164 e. The molecule has 12 rings (SSSR count). The van der Waals surface area contributed by atoms with Crippen molar-refractivity contribution >= 4 is 0 Å². The second-order valence-corrected chi connectivity index (χ2v) is 16.0. The Morgan fingerprint density at radius 1 is 0.444 bits per heavy atom. The Kier molecular flexibility index (Phi) is 7.07. The van der Waals surface area contributed by atoms with Gasteiger partial charge in [-0.2, -0.15) is 5.26 Å². The number of fused-ring (bicyclic) bond motifs is 3. The molecule has 5 aliphatic rings. The van der Waals surface area contributed by atoms with Crippen molar-refractivity contribution in [1.82, 2.24) is 15.0 Å². The monoisotopic (exact) mass is 694 g/mol. The SMILES string of the molecule is N#Cc1ccc(-c2ccc3c(c2)-c2cccc(-c4ccc(-c5nc(-c6ccccc6)nc(-c6ccccc6)n5)cc4)c2C32C3CC4CC(C3)CC2C4)cc1. The van der Waals surface area contributed by atoms with Gasteiger partial charge in [-0.15, -0.1) is 0 Å². The van der Waals surface area contributed by atoms with Gasteiger partial charge in [0.2, 0.25) is 0 Å². The van der Waals surface area contributed by atoms with Crippen LogP contribution < -0.4 is 0 Å². The van der Waals surface area contributed by atoms with Crippen molar-refractivity contribution in [3.05, 3.63) is 162 Å². The summed E-state index contributed by atoms with van der Waals surface area (Å²) in [6.07, 6.45) is 6.78. The van der Waals surface area contributed by atoms with Crippen molar-refractivity contribution in [3.63, 3.8) is 0 Å². The van der Waals surface area contributed by atoms with Gasteiger partial charge in [-0.25, -0.2) is 15.0 Å². The van der Waals surface area contributed by atoms with Crippen molar-refractivity contribution in [3.8, 4) is 73.6 Å². The van der Waals surface area contributed by atoms with E-state index < -0.39 is 0 Å². The molecule has 0 radical (unpaired) electrons. The molecule has 0 N–H and O–H groups in total. The van der Waals surface area contributed by atoms with Gasteiger partial charge >= 0.3 is 0 Å². The fourth-order valence-corrected chi connectivity index (χ4v) is 11.2. The molecule has 4 saturated carbocycles. The van der Waals surface area contributed by atoms with E-state index in [1.807, 2.05) is 48.5 Å². The second-order valence-electron chi connectivity index (χ2n) is 16.0. The lowest BCUT2D eigenvalue weighted by molar-refractivity contribution is -0.0397. The minimum Gasteiger partial charge on any atom is -0.208 e. The van der Waals surface area contributed by atoms with E-state index in [9.17, 15) is 5.26 Å². The number of rotatable bonds is 5. The van der Waals surface area contributed by atoms with Gasteiger partial charge in [0.1, 0.15) is 0 Å².